The second-order valence-electron chi connectivity index (χ2n) is 5.65. The number of H-pyrrole nitrogens is 1. The molecular weight excluding hydrogens is 282 g/mol. The van der Waals surface area contributed by atoms with Gasteiger partial charge in [-0.1, -0.05) is 0 Å². The Balaban J connectivity index is 1.56. The lowest BCUT2D eigenvalue weighted by Gasteiger charge is -2.22. The van der Waals surface area contributed by atoms with Crippen LogP contribution in [-0.4, -0.2) is 53.4 Å². The molecule has 1 saturated heterocycles. The van der Waals surface area contributed by atoms with Gasteiger partial charge in [0.2, 0.25) is 0 Å². The van der Waals surface area contributed by atoms with Gasteiger partial charge in [-0.2, -0.15) is 0 Å². The Morgan fingerprint density at radius 2 is 2.24 bits per heavy atom. The van der Waals surface area contributed by atoms with Crippen LogP contribution in [-0.2, 0) is 0 Å². The second-order valence-corrected chi connectivity index (χ2v) is 6.74. The number of nitrogens with zero attached hydrogens (tertiary/aromatic N) is 2. The zero-order valence-electron chi connectivity index (χ0n) is 12.6. The zero-order chi connectivity index (χ0) is 14.7. The number of fused-ring (bicyclic) bond motifs is 1. The number of carbonyl (C=O) groups excluding carboxylic acids is 1. The number of rotatable bonds is 6. The summed E-state index contributed by atoms with van der Waals surface area (Å²) in [5.41, 5.74) is 1.07. The van der Waals surface area contributed by atoms with Gasteiger partial charge in [-0.25, -0.2) is 0 Å². The van der Waals surface area contributed by atoms with Gasteiger partial charge in [-0.3, -0.25) is 4.79 Å². The predicted octanol–water partition coefficient (Wildman–Crippen LogP) is 3.18. The van der Waals surface area contributed by atoms with Gasteiger partial charge >= 0.3 is 0 Å². The van der Waals surface area contributed by atoms with Crippen molar-refractivity contribution in [1.29, 1.82) is 0 Å². The Morgan fingerprint density at radius 3 is 2.95 bits per heavy atom. The van der Waals surface area contributed by atoms with Crippen molar-refractivity contribution in [3.8, 4) is 0 Å². The first kappa shape index (κ1) is 14.6. The van der Waals surface area contributed by atoms with E-state index in [9.17, 15) is 4.79 Å². The molecule has 0 spiro atoms. The molecule has 1 N–H and O–H groups in total. The smallest absolute Gasteiger partial charge is 0.264 e. The van der Waals surface area contributed by atoms with Gasteiger partial charge in [0.25, 0.3) is 5.91 Å². The average Bonchev–Trinajstić information content (AvgIpc) is 3.18. The van der Waals surface area contributed by atoms with Crippen molar-refractivity contribution >= 4 is 27.5 Å². The maximum Gasteiger partial charge on any atom is 0.264 e. The number of nitrogens with one attached hydrogen (secondary N) is 1. The SMILES string of the molecule is CCN(CCCN1CCCC1)C(=O)c1cc2[nH]ccc2s1. The highest BCUT2D eigenvalue weighted by molar-refractivity contribution is 7.20. The quantitative estimate of drug-likeness (QED) is 0.890. The van der Waals surface area contributed by atoms with Crippen LogP contribution in [0.4, 0.5) is 0 Å². The molecule has 0 bridgehead atoms. The van der Waals surface area contributed by atoms with Gasteiger partial charge in [0.05, 0.1) is 15.1 Å². The minimum Gasteiger partial charge on any atom is -0.360 e. The molecule has 3 heterocycles. The van der Waals surface area contributed by atoms with Crippen LogP contribution in [0.3, 0.4) is 0 Å². The molecule has 3 rings (SSSR count). The van der Waals surface area contributed by atoms with Gasteiger partial charge < -0.3 is 14.8 Å². The maximum atomic E-state index is 12.6. The van der Waals surface area contributed by atoms with Crippen LogP contribution in [0.5, 0.6) is 0 Å². The molecule has 2 aromatic rings. The molecule has 1 aliphatic heterocycles. The molecule has 1 fully saturated rings. The molecule has 0 saturated carbocycles. The molecule has 1 aliphatic rings. The molecule has 1 amide bonds. The van der Waals surface area contributed by atoms with Crippen LogP contribution in [0.1, 0.15) is 35.9 Å². The Labute approximate surface area is 129 Å². The minimum absolute atomic E-state index is 0.175. The monoisotopic (exact) mass is 305 g/mol. The van der Waals surface area contributed by atoms with Crippen molar-refractivity contribution in [1.82, 2.24) is 14.8 Å². The van der Waals surface area contributed by atoms with E-state index in [0.29, 0.717) is 0 Å². The Morgan fingerprint density at radius 1 is 1.43 bits per heavy atom. The molecular formula is C16H23N3OS. The first-order valence-electron chi connectivity index (χ1n) is 7.86. The lowest BCUT2D eigenvalue weighted by Crippen LogP contribution is -2.33. The number of hydrogen-bond donors (Lipinski definition) is 1. The number of aromatic nitrogens is 1. The van der Waals surface area contributed by atoms with E-state index in [1.165, 1.54) is 25.9 Å². The fourth-order valence-electron chi connectivity index (χ4n) is 3.00. The first-order valence-corrected chi connectivity index (χ1v) is 8.68. The third kappa shape index (κ3) is 3.30. The lowest BCUT2D eigenvalue weighted by molar-refractivity contribution is 0.0763. The Kier molecular flexibility index (Phi) is 4.60. The predicted molar refractivity (Wildman–Crippen MR) is 88.0 cm³/mol. The highest BCUT2D eigenvalue weighted by atomic mass is 32.1. The van der Waals surface area contributed by atoms with E-state index < -0.39 is 0 Å². The number of hydrogen-bond acceptors (Lipinski definition) is 3. The summed E-state index contributed by atoms with van der Waals surface area (Å²) in [7, 11) is 0. The van der Waals surface area contributed by atoms with E-state index in [2.05, 4.69) is 16.8 Å². The molecule has 0 unspecified atom stereocenters. The fraction of sp³-hybridized carbons (Fsp3) is 0.562. The van der Waals surface area contributed by atoms with Crippen molar-refractivity contribution in [2.45, 2.75) is 26.2 Å². The van der Waals surface area contributed by atoms with Crippen molar-refractivity contribution in [3.05, 3.63) is 23.2 Å². The van der Waals surface area contributed by atoms with E-state index >= 15 is 0 Å². The van der Waals surface area contributed by atoms with Gasteiger partial charge in [0.1, 0.15) is 0 Å². The van der Waals surface area contributed by atoms with Crippen molar-refractivity contribution in [2.75, 3.05) is 32.7 Å². The summed E-state index contributed by atoms with van der Waals surface area (Å²) < 4.78 is 1.16. The van der Waals surface area contributed by atoms with Crippen molar-refractivity contribution < 1.29 is 4.79 Å². The zero-order valence-corrected chi connectivity index (χ0v) is 13.4. The largest absolute Gasteiger partial charge is 0.360 e. The summed E-state index contributed by atoms with van der Waals surface area (Å²) in [5, 5.41) is 0. The highest BCUT2D eigenvalue weighted by Crippen LogP contribution is 2.25. The normalized spacial score (nSPS) is 15.9. The number of likely N-dealkylation sites (tertiary alicyclic amines) is 1. The minimum atomic E-state index is 0.175. The molecule has 2 aromatic heterocycles. The number of aromatic amines is 1. The summed E-state index contributed by atoms with van der Waals surface area (Å²) in [6.45, 7) is 7.29. The van der Waals surface area contributed by atoms with Crippen molar-refractivity contribution in [3.63, 3.8) is 0 Å². The Bertz CT molecular complexity index is 569. The third-order valence-electron chi connectivity index (χ3n) is 4.22. The summed E-state index contributed by atoms with van der Waals surface area (Å²) in [4.78, 5) is 21.1. The van der Waals surface area contributed by atoms with Crippen LogP contribution < -0.4 is 0 Å². The number of thiophene rings is 1. The topological polar surface area (TPSA) is 39.3 Å². The summed E-state index contributed by atoms with van der Waals surface area (Å²) in [6.07, 6.45) is 5.65. The lowest BCUT2D eigenvalue weighted by atomic mass is 10.3. The van der Waals surface area contributed by atoms with Crippen LogP contribution in [0.25, 0.3) is 10.2 Å². The molecule has 21 heavy (non-hydrogen) atoms. The Hall–Kier alpha value is -1.33. The molecule has 4 nitrogen and oxygen atoms in total. The van der Waals surface area contributed by atoms with Crippen molar-refractivity contribution in [2.24, 2.45) is 0 Å². The second kappa shape index (κ2) is 6.62. The number of carbonyl (C=O) groups is 1. The molecule has 5 heteroatoms. The number of amides is 1. The van der Waals surface area contributed by atoms with Gasteiger partial charge in [-0.15, -0.1) is 11.3 Å². The standard InChI is InChI=1S/C16H23N3OS/c1-2-19(11-5-10-18-8-3-4-9-18)16(20)15-12-13-14(21-15)6-7-17-13/h6-7,12,17H,2-5,8-11H2,1H3. The van der Waals surface area contributed by atoms with E-state index in [-0.39, 0.29) is 5.91 Å². The van der Waals surface area contributed by atoms with E-state index in [1.807, 2.05) is 23.2 Å². The van der Waals surface area contributed by atoms with Gasteiger partial charge in [0, 0.05) is 19.3 Å². The van der Waals surface area contributed by atoms with Crippen LogP contribution in [0.15, 0.2) is 18.3 Å². The third-order valence-corrected chi connectivity index (χ3v) is 5.30. The van der Waals surface area contributed by atoms with E-state index in [0.717, 1.165) is 41.1 Å². The highest BCUT2D eigenvalue weighted by Gasteiger charge is 2.18. The van der Waals surface area contributed by atoms with E-state index in [4.69, 9.17) is 0 Å². The van der Waals surface area contributed by atoms with Crippen LogP contribution in [0.2, 0.25) is 0 Å². The summed E-state index contributed by atoms with van der Waals surface area (Å²) >= 11 is 1.58. The van der Waals surface area contributed by atoms with E-state index in [1.54, 1.807) is 11.3 Å². The van der Waals surface area contributed by atoms with Gasteiger partial charge in [0.15, 0.2) is 0 Å². The fourth-order valence-corrected chi connectivity index (χ4v) is 4.00. The van der Waals surface area contributed by atoms with Crippen LogP contribution in [0, 0.1) is 0 Å². The van der Waals surface area contributed by atoms with Gasteiger partial charge in [-0.05, 0) is 58.0 Å². The average molecular weight is 305 g/mol. The van der Waals surface area contributed by atoms with Crippen LogP contribution >= 0.6 is 11.3 Å². The maximum absolute atomic E-state index is 12.6. The molecule has 0 aromatic carbocycles. The molecule has 114 valence electrons. The first-order chi connectivity index (χ1) is 10.3. The molecule has 0 atom stereocenters. The summed E-state index contributed by atoms with van der Waals surface area (Å²) in [5.74, 6) is 0.175. The molecule has 0 radical (unpaired) electrons. The summed E-state index contributed by atoms with van der Waals surface area (Å²) in [6, 6.07) is 4.01. The molecule has 0 aliphatic carbocycles.